The van der Waals surface area contributed by atoms with Gasteiger partial charge in [0.15, 0.2) is 0 Å². The zero-order valence-electron chi connectivity index (χ0n) is 14.5. The zero-order valence-corrected chi connectivity index (χ0v) is 16.1. The minimum atomic E-state index is -0.525. The molecule has 1 aromatic heterocycles. The summed E-state index contributed by atoms with van der Waals surface area (Å²) in [6.07, 6.45) is 3.95. The van der Waals surface area contributed by atoms with E-state index in [9.17, 15) is 9.59 Å². The number of carbonyl (C=O) groups is 2. The predicted octanol–water partition coefficient (Wildman–Crippen LogP) is 2.88. The molecule has 0 saturated heterocycles. The minimum Gasteiger partial charge on any atom is -0.439 e. The number of rotatable bonds is 5. The smallest absolute Gasteiger partial charge is 0.248 e. The molecule has 2 aromatic rings. The third kappa shape index (κ3) is 6.09. The highest BCUT2D eigenvalue weighted by atomic mass is 35.5. The SMILES string of the molecule is Cl.Cl.NC(=O)c1cccc(Oc2ccc(NC(=O)C3CCC(N)C3)cn2)c1. The third-order valence-electron chi connectivity index (χ3n) is 4.19. The van der Waals surface area contributed by atoms with E-state index in [1.165, 1.54) is 6.20 Å². The molecule has 27 heavy (non-hydrogen) atoms. The second kappa shape index (κ2) is 10.1. The number of nitrogens with one attached hydrogen (secondary N) is 1. The fourth-order valence-corrected chi connectivity index (χ4v) is 2.85. The van der Waals surface area contributed by atoms with Crippen LogP contribution in [0, 0.1) is 5.92 Å². The normalized spacial score (nSPS) is 18.0. The fraction of sp³-hybridized carbons (Fsp3) is 0.278. The van der Waals surface area contributed by atoms with Crippen LogP contribution in [-0.4, -0.2) is 22.8 Å². The van der Waals surface area contributed by atoms with Crippen LogP contribution in [0.3, 0.4) is 0 Å². The zero-order chi connectivity index (χ0) is 17.8. The fourth-order valence-electron chi connectivity index (χ4n) is 2.85. The first-order valence-electron chi connectivity index (χ1n) is 8.11. The predicted molar refractivity (Wildman–Crippen MR) is 108 cm³/mol. The molecule has 2 unspecified atom stereocenters. The van der Waals surface area contributed by atoms with Gasteiger partial charge in [0.05, 0.1) is 11.9 Å². The molecule has 1 aliphatic carbocycles. The highest BCUT2D eigenvalue weighted by Gasteiger charge is 2.27. The summed E-state index contributed by atoms with van der Waals surface area (Å²) in [5, 5.41) is 2.85. The molecule has 1 heterocycles. The van der Waals surface area contributed by atoms with E-state index in [1.807, 2.05) is 0 Å². The Kier molecular flexibility index (Phi) is 8.49. The topological polar surface area (TPSA) is 120 Å². The standard InChI is InChI=1S/C18H20N4O3.2ClH/c19-13-5-4-12(8-13)18(24)22-14-6-7-16(21-10-14)25-15-3-1-2-11(9-15)17(20)23;;/h1-3,6-7,9-10,12-13H,4-5,8,19H2,(H2,20,23)(H,22,24);2*1H. The van der Waals surface area contributed by atoms with Crippen molar-refractivity contribution in [3.63, 3.8) is 0 Å². The first-order valence-corrected chi connectivity index (χ1v) is 8.11. The molecule has 146 valence electrons. The van der Waals surface area contributed by atoms with E-state index in [2.05, 4.69) is 10.3 Å². The lowest BCUT2D eigenvalue weighted by Gasteiger charge is -2.11. The van der Waals surface area contributed by atoms with Crippen molar-refractivity contribution < 1.29 is 14.3 Å². The van der Waals surface area contributed by atoms with Crippen LogP contribution in [0.1, 0.15) is 29.6 Å². The summed E-state index contributed by atoms with van der Waals surface area (Å²) in [4.78, 5) is 27.5. The molecule has 2 amide bonds. The number of hydrogen-bond acceptors (Lipinski definition) is 5. The Hall–Kier alpha value is -2.35. The highest BCUT2D eigenvalue weighted by molar-refractivity contribution is 5.93. The van der Waals surface area contributed by atoms with Gasteiger partial charge in [-0.2, -0.15) is 0 Å². The first kappa shape index (κ1) is 22.7. The number of pyridine rings is 1. The van der Waals surface area contributed by atoms with Crippen molar-refractivity contribution in [2.45, 2.75) is 25.3 Å². The number of nitrogens with two attached hydrogens (primary N) is 2. The summed E-state index contributed by atoms with van der Waals surface area (Å²) in [6.45, 7) is 0. The van der Waals surface area contributed by atoms with Gasteiger partial charge in [-0.3, -0.25) is 9.59 Å². The van der Waals surface area contributed by atoms with Crippen molar-refractivity contribution in [2.75, 3.05) is 5.32 Å². The third-order valence-corrected chi connectivity index (χ3v) is 4.19. The van der Waals surface area contributed by atoms with Crippen LogP contribution >= 0.6 is 24.8 Å². The Morgan fingerprint density at radius 3 is 2.52 bits per heavy atom. The van der Waals surface area contributed by atoms with Crippen LogP contribution in [-0.2, 0) is 4.79 Å². The molecule has 7 nitrogen and oxygen atoms in total. The highest BCUT2D eigenvalue weighted by Crippen LogP contribution is 2.26. The number of anilines is 1. The van der Waals surface area contributed by atoms with Crippen LogP contribution in [0.5, 0.6) is 11.6 Å². The van der Waals surface area contributed by atoms with Crippen LogP contribution in [0.15, 0.2) is 42.6 Å². The largest absolute Gasteiger partial charge is 0.439 e. The molecule has 1 aliphatic rings. The Labute approximate surface area is 169 Å². The molecule has 2 atom stereocenters. The van der Waals surface area contributed by atoms with Crippen molar-refractivity contribution in [1.82, 2.24) is 4.98 Å². The minimum absolute atomic E-state index is 0. The Morgan fingerprint density at radius 2 is 1.93 bits per heavy atom. The van der Waals surface area contributed by atoms with Crippen molar-refractivity contribution in [2.24, 2.45) is 17.4 Å². The molecule has 0 bridgehead atoms. The molecule has 1 aromatic carbocycles. The quantitative estimate of drug-likeness (QED) is 0.696. The van der Waals surface area contributed by atoms with E-state index >= 15 is 0 Å². The van der Waals surface area contributed by atoms with Crippen molar-refractivity contribution in [1.29, 1.82) is 0 Å². The summed E-state index contributed by atoms with van der Waals surface area (Å²) in [5.74, 6) is 0.214. The number of carbonyl (C=O) groups excluding carboxylic acids is 2. The first-order chi connectivity index (χ1) is 12.0. The molecule has 0 aliphatic heterocycles. The molecule has 9 heteroatoms. The second-order valence-electron chi connectivity index (χ2n) is 6.14. The molecular weight excluding hydrogens is 391 g/mol. The van der Waals surface area contributed by atoms with Crippen molar-refractivity contribution >= 4 is 42.3 Å². The lowest BCUT2D eigenvalue weighted by atomic mass is 10.1. The maximum Gasteiger partial charge on any atom is 0.248 e. The molecule has 1 fully saturated rings. The van der Waals surface area contributed by atoms with Crippen LogP contribution in [0.4, 0.5) is 5.69 Å². The van der Waals surface area contributed by atoms with Gasteiger partial charge in [0.1, 0.15) is 5.75 Å². The van der Waals surface area contributed by atoms with E-state index < -0.39 is 5.91 Å². The summed E-state index contributed by atoms with van der Waals surface area (Å²) < 4.78 is 5.59. The number of benzene rings is 1. The van der Waals surface area contributed by atoms with Gasteiger partial charge in [-0.1, -0.05) is 6.07 Å². The van der Waals surface area contributed by atoms with E-state index in [0.717, 1.165) is 19.3 Å². The maximum absolute atomic E-state index is 12.2. The van der Waals surface area contributed by atoms with Gasteiger partial charge in [-0.05, 0) is 43.5 Å². The lowest BCUT2D eigenvalue weighted by molar-refractivity contribution is -0.119. The monoisotopic (exact) mass is 412 g/mol. The van der Waals surface area contributed by atoms with Gasteiger partial charge < -0.3 is 21.5 Å². The molecular formula is C18H22Cl2N4O3. The second-order valence-corrected chi connectivity index (χ2v) is 6.14. The van der Waals surface area contributed by atoms with Gasteiger partial charge in [0, 0.05) is 23.6 Å². The summed E-state index contributed by atoms with van der Waals surface area (Å²) >= 11 is 0. The average molecular weight is 413 g/mol. The summed E-state index contributed by atoms with van der Waals surface area (Å²) in [5.41, 5.74) is 12.0. The van der Waals surface area contributed by atoms with E-state index in [1.54, 1.807) is 36.4 Å². The van der Waals surface area contributed by atoms with Crippen LogP contribution in [0.25, 0.3) is 0 Å². The number of ether oxygens (including phenoxy) is 1. The van der Waals surface area contributed by atoms with E-state index in [0.29, 0.717) is 22.9 Å². The maximum atomic E-state index is 12.2. The number of aromatic nitrogens is 1. The van der Waals surface area contributed by atoms with Crippen LogP contribution in [0.2, 0.25) is 0 Å². The molecule has 5 N–H and O–H groups in total. The van der Waals surface area contributed by atoms with Crippen molar-refractivity contribution in [3.05, 3.63) is 48.2 Å². The number of hydrogen-bond donors (Lipinski definition) is 3. The van der Waals surface area contributed by atoms with Gasteiger partial charge in [-0.25, -0.2) is 4.98 Å². The molecule has 3 rings (SSSR count). The number of amides is 2. The molecule has 0 radical (unpaired) electrons. The Balaban J connectivity index is 0.00000182. The number of primary amides is 1. The van der Waals surface area contributed by atoms with Crippen molar-refractivity contribution in [3.8, 4) is 11.6 Å². The Bertz CT molecular complexity index is 786. The van der Waals surface area contributed by atoms with Gasteiger partial charge in [-0.15, -0.1) is 24.8 Å². The lowest BCUT2D eigenvalue weighted by Crippen LogP contribution is -2.23. The van der Waals surface area contributed by atoms with Crippen LogP contribution < -0.4 is 21.5 Å². The van der Waals surface area contributed by atoms with E-state index in [-0.39, 0.29) is 42.7 Å². The summed E-state index contributed by atoms with van der Waals surface area (Å²) in [7, 11) is 0. The number of nitrogens with zero attached hydrogens (tertiary/aromatic N) is 1. The average Bonchev–Trinajstić information content (AvgIpc) is 3.03. The van der Waals surface area contributed by atoms with Gasteiger partial charge >= 0.3 is 0 Å². The molecule has 1 saturated carbocycles. The molecule has 0 spiro atoms. The number of halogens is 2. The Morgan fingerprint density at radius 1 is 1.15 bits per heavy atom. The summed E-state index contributed by atoms with van der Waals surface area (Å²) in [6, 6.07) is 10.0. The van der Waals surface area contributed by atoms with E-state index in [4.69, 9.17) is 16.2 Å². The van der Waals surface area contributed by atoms with Gasteiger partial charge in [0.25, 0.3) is 0 Å². The van der Waals surface area contributed by atoms with Gasteiger partial charge in [0.2, 0.25) is 17.7 Å².